The summed E-state index contributed by atoms with van der Waals surface area (Å²) in [6.07, 6.45) is 1.25. The molecule has 1 fully saturated rings. The van der Waals surface area contributed by atoms with Crippen LogP contribution < -0.4 is 0 Å². The number of amides is 2. The average Bonchev–Trinajstić information content (AvgIpc) is 3.14. The van der Waals surface area contributed by atoms with Gasteiger partial charge in [0.1, 0.15) is 5.60 Å². The second-order valence-corrected chi connectivity index (χ2v) is 7.60. The highest BCUT2D eigenvalue weighted by Crippen LogP contribution is 2.34. The summed E-state index contributed by atoms with van der Waals surface area (Å²) in [5.74, 6) is -3.24. The van der Waals surface area contributed by atoms with Crippen LogP contribution in [0.25, 0.3) is 0 Å². The Labute approximate surface area is 151 Å². The summed E-state index contributed by atoms with van der Waals surface area (Å²) in [4.78, 5) is 54.1. The summed E-state index contributed by atoms with van der Waals surface area (Å²) in [5.41, 5.74) is -0.165. The number of carbonyl (C=O) groups excluding carboxylic acids is 4. The molecule has 0 aromatic heterocycles. The summed E-state index contributed by atoms with van der Waals surface area (Å²) in [7, 11) is 0. The minimum Gasteiger partial charge on any atom is -0.460 e. The van der Waals surface area contributed by atoms with Crippen LogP contribution in [0.5, 0.6) is 0 Å². The Morgan fingerprint density at radius 3 is 1.96 bits per heavy atom. The van der Waals surface area contributed by atoms with Gasteiger partial charge in [0.25, 0.3) is 11.8 Å². The van der Waals surface area contributed by atoms with Gasteiger partial charge in [-0.05, 0) is 52.2 Å². The van der Waals surface area contributed by atoms with E-state index in [4.69, 9.17) is 9.57 Å². The van der Waals surface area contributed by atoms with Crippen molar-refractivity contribution < 1.29 is 28.8 Å². The molecule has 1 heterocycles. The minimum atomic E-state index is -0.675. The molecular weight excluding hydrogens is 338 g/mol. The van der Waals surface area contributed by atoms with Gasteiger partial charge in [-0.3, -0.25) is 14.4 Å². The molecule has 0 radical (unpaired) electrons. The Hall–Kier alpha value is -2.70. The maximum Gasteiger partial charge on any atom is 0.336 e. The van der Waals surface area contributed by atoms with Gasteiger partial charge in [0, 0.05) is 0 Å². The molecule has 0 spiro atoms. The highest BCUT2D eigenvalue weighted by atomic mass is 16.7. The van der Waals surface area contributed by atoms with E-state index in [1.54, 1.807) is 32.9 Å². The molecule has 1 saturated carbocycles. The Bertz CT molecular complexity index is 743. The zero-order valence-electron chi connectivity index (χ0n) is 15.0. The number of imide groups is 1. The number of hydrogen-bond donors (Lipinski definition) is 0. The van der Waals surface area contributed by atoms with Gasteiger partial charge in [-0.1, -0.05) is 17.2 Å². The molecule has 2 atom stereocenters. The van der Waals surface area contributed by atoms with Crippen LogP contribution in [0.15, 0.2) is 24.3 Å². The third-order valence-electron chi connectivity index (χ3n) is 4.44. The molecule has 0 saturated heterocycles. The number of rotatable bonds is 3. The summed E-state index contributed by atoms with van der Waals surface area (Å²) < 4.78 is 5.35. The van der Waals surface area contributed by atoms with E-state index in [9.17, 15) is 19.2 Å². The van der Waals surface area contributed by atoms with Crippen LogP contribution in [0.2, 0.25) is 0 Å². The van der Waals surface area contributed by atoms with Crippen molar-refractivity contribution in [2.24, 2.45) is 11.8 Å². The predicted molar refractivity (Wildman–Crippen MR) is 89.7 cm³/mol. The van der Waals surface area contributed by atoms with Crippen molar-refractivity contribution in [1.82, 2.24) is 5.06 Å². The number of hydrogen-bond acceptors (Lipinski definition) is 6. The van der Waals surface area contributed by atoms with E-state index in [1.807, 2.05) is 0 Å². The Balaban J connectivity index is 1.61. The lowest BCUT2D eigenvalue weighted by atomic mass is 10.0. The summed E-state index contributed by atoms with van der Waals surface area (Å²) >= 11 is 0. The predicted octanol–water partition coefficient (Wildman–Crippen LogP) is 2.50. The number of ether oxygens (including phenoxy) is 1. The molecule has 1 aliphatic heterocycles. The van der Waals surface area contributed by atoms with Gasteiger partial charge in [-0.15, -0.1) is 0 Å². The lowest BCUT2D eigenvalue weighted by Gasteiger charge is -2.22. The van der Waals surface area contributed by atoms with Crippen molar-refractivity contribution in [3.8, 4) is 0 Å². The zero-order valence-corrected chi connectivity index (χ0v) is 15.0. The molecule has 2 aliphatic rings. The fourth-order valence-corrected chi connectivity index (χ4v) is 3.21. The van der Waals surface area contributed by atoms with Crippen LogP contribution >= 0.6 is 0 Å². The van der Waals surface area contributed by atoms with Gasteiger partial charge >= 0.3 is 11.9 Å². The molecule has 7 nitrogen and oxygen atoms in total. The topological polar surface area (TPSA) is 90.0 Å². The normalized spacial score (nSPS) is 22.3. The second kappa shape index (κ2) is 6.55. The van der Waals surface area contributed by atoms with E-state index in [0.717, 1.165) is 0 Å². The Kier molecular flexibility index (Phi) is 4.56. The molecule has 1 aromatic rings. The van der Waals surface area contributed by atoms with Gasteiger partial charge in [-0.25, -0.2) is 4.79 Å². The van der Waals surface area contributed by atoms with Gasteiger partial charge in [0.05, 0.1) is 23.0 Å². The second-order valence-electron chi connectivity index (χ2n) is 7.60. The van der Waals surface area contributed by atoms with E-state index in [1.165, 1.54) is 12.1 Å². The van der Waals surface area contributed by atoms with Crippen LogP contribution in [0.3, 0.4) is 0 Å². The largest absolute Gasteiger partial charge is 0.460 e. The van der Waals surface area contributed by atoms with Crippen molar-refractivity contribution in [3.63, 3.8) is 0 Å². The molecule has 26 heavy (non-hydrogen) atoms. The molecule has 138 valence electrons. The molecule has 0 unspecified atom stereocenters. The van der Waals surface area contributed by atoms with Crippen LogP contribution in [-0.2, 0) is 19.2 Å². The smallest absolute Gasteiger partial charge is 0.336 e. The molecule has 1 aromatic carbocycles. The summed E-state index contributed by atoms with van der Waals surface area (Å²) in [5, 5.41) is 0.508. The highest BCUT2D eigenvalue weighted by molar-refractivity contribution is 6.20. The van der Waals surface area contributed by atoms with Crippen molar-refractivity contribution in [3.05, 3.63) is 35.4 Å². The van der Waals surface area contributed by atoms with Crippen molar-refractivity contribution in [1.29, 1.82) is 0 Å². The van der Waals surface area contributed by atoms with Gasteiger partial charge in [-0.2, -0.15) is 0 Å². The van der Waals surface area contributed by atoms with E-state index in [0.29, 0.717) is 17.9 Å². The first-order valence-corrected chi connectivity index (χ1v) is 8.60. The van der Waals surface area contributed by atoms with Crippen LogP contribution in [0.4, 0.5) is 0 Å². The van der Waals surface area contributed by atoms with Gasteiger partial charge in [0.15, 0.2) is 0 Å². The number of hydroxylamine groups is 2. The number of fused-ring (bicyclic) bond motifs is 1. The van der Waals surface area contributed by atoms with E-state index in [2.05, 4.69) is 0 Å². The Morgan fingerprint density at radius 1 is 0.962 bits per heavy atom. The maximum atomic E-state index is 12.4. The SMILES string of the molecule is CC(C)(C)OC(=O)[C@H]1CC[C@@H](C(=O)ON2C(=O)c3ccccc3C2=O)C1. The third kappa shape index (κ3) is 3.47. The van der Waals surface area contributed by atoms with Crippen molar-refractivity contribution >= 4 is 23.8 Å². The molecule has 0 N–H and O–H groups in total. The quantitative estimate of drug-likeness (QED) is 0.608. The number of benzene rings is 1. The first-order chi connectivity index (χ1) is 12.2. The van der Waals surface area contributed by atoms with E-state index < -0.39 is 29.3 Å². The van der Waals surface area contributed by atoms with Crippen molar-refractivity contribution in [2.45, 2.75) is 45.6 Å². The number of carbonyl (C=O) groups is 4. The maximum absolute atomic E-state index is 12.4. The van der Waals surface area contributed by atoms with Crippen LogP contribution in [-0.4, -0.2) is 34.4 Å². The van der Waals surface area contributed by atoms with Gasteiger partial charge < -0.3 is 9.57 Å². The molecular formula is C19H21NO6. The fourth-order valence-electron chi connectivity index (χ4n) is 3.21. The lowest BCUT2D eigenvalue weighted by Crippen LogP contribution is -2.35. The average molecular weight is 359 g/mol. The molecule has 3 rings (SSSR count). The first kappa shape index (κ1) is 18.1. The van der Waals surface area contributed by atoms with Crippen LogP contribution in [0, 0.1) is 11.8 Å². The molecule has 2 amide bonds. The van der Waals surface area contributed by atoms with E-state index in [-0.39, 0.29) is 29.4 Å². The molecule has 1 aliphatic carbocycles. The van der Waals surface area contributed by atoms with Crippen LogP contribution in [0.1, 0.15) is 60.7 Å². The first-order valence-electron chi connectivity index (χ1n) is 8.60. The minimum absolute atomic E-state index is 0.211. The van der Waals surface area contributed by atoms with Crippen molar-refractivity contribution in [2.75, 3.05) is 0 Å². The van der Waals surface area contributed by atoms with Gasteiger partial charge in [0.2, 0.25) is 0 Å². The molecule has 7 heteroatoms. The fraction of sp³-hybridized carbons (Fsp3) is 0.474. The van der Waals surface area contributed by atoms with E-state index >= 15 is 0 Å². The number of esters is 1. The lowest BCUT2D eigenvalue weighted by molar-refractivity contribution is -0.173. The standard InChI is InChI=1S/C19H21NO6/c1-19(2,3)25-17(23)11-8-9-12(10-11)18(24)26-20-15(21)13-6-4-5-7-14(13)16(20)22/h4-7,11-12H,8-10H2,1-3H3/t11-,12+/m0/s1. The number of nitrogens with zero attached hydrogens (tertiary/aromatic N) is 1. The summed E-state index contributed by atoms with van der Waals surface area (Å²) in [6.45, 7) is 5.36. The monoisotopic (exact) mass is 359 g/mol. The third-order valence-corrected chi connectivity index (χ3v) is 4.44. The summed E-state index contributed by atoms with van der Waals surface area (Å²) in [6, 6.07) is 6.30. The zero-order chi connectivity index (χ0) is 19.1. The Morgan fingerprint density at radius 2 is 1.46 bits per heavy atom. The molecule has 0 bridgehead atoms. The highest BCUT2D eigenvalue weighted by Gasteiger charge is 2.42.